The number of amides is 1. The monoisotopic (exact) mass is 498 g/mol. The third-order valence-electron chi connectivity index (χ3n) is 6.69. The first-order valence-corrected chi connectivity index (χ1v) is 13.4. The number of nitrogens with zero attached hydrogens (tertiary/aromatic N) is 3. The number of hydrogen-bond donors (Lipinski definition) is 1. The van der Waals surface area contributed by atoms with E-state index in [1.54, 1.807) is 6.20 Å². The van der Waals surface area contributed by atoms with E-state index in [-0.39, 0.29) is 5.91 Å². The number of benzene rings is 3. The predicted molar refractivity (Wildman–Crippen MR) is 145 cm³/mol. The van der Waals surface area contributed by atoms with E-state index >= 15 is 0 Å². The first kappa shape index (κ1) is 24.3. The van der Waals surface area contributed by atoms with Gasteiger partial charge in [-0.2, -0.15) is 0 Å². The molecule has 1 unspecified atom stereocenters. The van der Waals surface area contributed by atoms with Crippen LogP contribution in [0.4, 0.5) is 5.69 Å². The largest absolute Gasteiger partial charge is 0.588 e. The third-order valence-corrected chi connectivity index (χ3v) is 7.82. The number of carbonyl (C=O) groups excluding carboxylic acids is 1. The molecule has 1 fully saturated rings. The van der Waals surface area contributed by atoms with Crippen molar-refractivity contribution in [2.24, 2.45) is 0 Å². The van der Waals surface area contributed by atoms with Crippen LogP contribution in [0.2, 0.25) is 0 Å². The van der Waals surface area contributed by atoms with E-state index < -0.39 is 11.4 Å². The number of anilines is 1. The molecule has 7 heteroatoms. The average Bonchev–Trinajstić information content (AvgIpc) is 2.93. The first-order chi connectivity index (χ1) is 17.6. The molecule has 36 heavy (non-hydrogen) atoms. The summed E-state index contributed by atoms with van der Waals surface area (Å²) in [4.78, 5) is 22.6. The Morgan fingerprint density at radius 2 is 1.75 bits per heavy atom. The molecule has 1 aliphatic rings. The van der Waals surface area contributed by atoms with Crippen LogP contribution in [0.5, 0.6) is 0 Å². The molecular weight excluding hydrogens is 468 g/mol. The van der Waals surface area contributed by atoms with Crippen LogP contribution in [0.1, 0.15) is 21.5 Å². The van der Waals surface area contributed by atoms with Crippen molar-refractivity contribution in [3.63, 3.8) is 0 Å². The molecular formula is C29H30N4O2S. The Bertz CT molecular complexity index is 1330. The van der Waals surface area contributed by atoms with Crippen molar-refractivity contribution in [3.05, 3.63) is 102 Å². The summed E-state index contributed by atoms with van der Waals surface area (Å²) < 4.78 is 16.2. The minimum absolute atomic E-state index is 0.0479. The molecule has 1 saturated heterocycles. The zero-order valence-corrected chi connectivity index (χ0v) is 21.2. The number of nitrogens with one attached hydrogen (secondary N) is 1. The van der Waals surface area contributed by atoms with Crippen LogP contribution in [-0.2, 0) is 17.8 Å². The van der Waals surface area contributed by atoms with Gasteiger partial charge in [0.25, 0.3) is 5.91 Å². The first-order valence-electron chi connectivity index (χ1n) is 12.3. The van der Waals surface area contributed by atoms with Crippen molar-refractivity contribution in [2.75, 3.05) is 37.4 Å². The highest BCUT2D eigenvalue weighted by molar-refractivity contribution is 7.93. The van der Waals surface area contributed by atoms with Gasteiger partial charge in [0, 0.05) is 49.9 Å². The summed E-state index contributed by atoms with van der Waals surface area (Å²) in [6.45, 7) is 6.16. The number of rotatable bonds is 7. The normalized spacial score (nSPS) is 15.1. The van der Waals surface area contributed by atoms with Crippen LogP contribution in [0.15, 0.2) is 90.0 Å². The summed E-state index contributed by atoms with van der Waals surface area (Å²) in [6.07, 6.45) is 2.73. The van der Waals surface area contributed by atoms with Gasteiger partial charge >= 0.3 is 0 Å². The Kier molecular flexibility index (Phi) is 7.51. The Hall–Kier alpha value is -3.39. The molecule has 0 aliphatic carbocycles. The van der Waals surface area contributed by atoms with E-state index in [0.29, 0.717) is 10.5 Å². The van der Waals surface area contributed by atoms with Crippen LogP contribution in [-0.4, -0.2) is 58.0 Å². The SMILES string of the molecule is Cc1cc(C(=O)N2CCN(CCc3ccccc3)CC2)ccc1N[S+]([O-])c1cccc2cccnc12. The van der Waals surface area contributed by atoms with E-state index in [2.05, 4.69) is 38.9 Å². The highest BCUT2D eigenvalue weighted by Gasteiger charge is 2.23. The minimum atomic E-state index is -1.47. The second-order valence-electron chi connectivity index (χ2n) is 9.10. The average molecular weight is 499 g/mol. The molecule has 1 aliphatic heterocycles. The van der Waals surface area contributed by atoms with Gasteiger partial charge in [-0.1, -0.05) is 48.5 Å². The Labute approximate surface area is 215 Å². The maximum atomic E-state index is 13.2. The molecule has 0 bridgehead atoms. The molecule has 1 N–H and O–H groups in total. The topological polar surface area (TPSA) is 71.5 Å². The quantitative estimate of drug-likeness (QED) is 0.375. The number of carbonyl (C=O) groups is 1. The van der Waals surface area contributed by atoms with Gasteiger partial charge in [-0.3, -0.25) is 14.7 Å². The molecule has 5 rings (SSSR count). The van der Waals surface area contributed by atoms with Crippen LogP contribution < -0.4 is 4.72 Å². The second kappa shape index (κ2) is 11.1. The van der Waals surface area contributed by atoms with Crippen LogP contribution in [0.25, 0.3) is 10.9 Å². The van der Waals surface area contributed by atoms with Gasteiger partial charge in [0.15, 0.2) is 0 Å². The summed E-state index contributed by atoms with van der Waals surface area (Å²) in [6, 6.07) is 25.5. The van der Waals surface area contributed by atoms with Crippen molar-refractivity contribution < 1.29 is 9.35 Å². The molecule has 3 aromatic carbocycles. The molecule has 1 aromatic heterocycles. The summed E-state index contributed by atoms with van der Waals surface area (Å²) in [5.74, 6) is 0.0479. The van der Waals surface area contributed by atoms with Crippen molar-refractivity contribution in [1.29, 1.82) is 0 Å². The lowest BCUT2D eigenvalue weighted by molar-refractivity contribution is 0.0638. The van der Waals surface area contributed by atoms with Gasteiger partial charge in [0.05, 0.1) is 5.69 Å². The standard InChI is InChI=1S/C29H30N4O2S/c1-22-21-25(29(34)33-19-17-32(18-20-33)16-14-23-7-3-2-4-8-23)12-13-26(22)31-36(35)27-11-5-9-24-10-6-15-30-28(24)27/h2-13,15,21,31H,14,16-20H2,1H3. The third kappa shape index (κ3) is 5.54. The van der Waals surface area contributed by atoms with Crippen molar-refractivity contribution in [2.45, 2.75) is 18.2 Å². The fraction of sp³-hybridized carbons (Fsp3) is 0.241. The fourth-order valence-electron chi connectivity index (χ4n) is 4.58. The zero-order valence-electron chi connectivity index (χ0n) is 20.4. The van der Waals surface area contributed by atoms with Crippen LogP contribution in [0.3, 0.4) is 0 Å². The van der Waals surface area contributed by atoms with Gasteiger partial charge in [-0.25, -0.2) is 4.72 Å². The maximum Gasteiger partial charge on any atom is 0.253 e. The molecule has 1 amide bonds. The number of pyridine rings is 1. The molecule has 2 heterocycles. The van der Waals surface area contributed by atoms with Gasteiger partial charge in [-0.15, -0.1) is 0 Å². The summed E-state index contributed by atoms with van der Waals surface area (Å²) >= 11 is -1.47. The number of aromatic nitrogens is 1. The molecule has 1 atom stereocenters. The zero-order chi connectivity index (χ0) is 24.9. The highest BCUT2D eigenvalue weighted by atomic mass is 32.2. The smallest absolute Gasteiger partial charge is 0.253 e. The van der Waals surface area contributed by atoms with Crippen molar-refractivity contribution in [1.82, 2.24) is 14.8 Å². The van der Waals surface area contributed by atoms with Crippen molar-refractivity contribution >= 4 is 33.9 Å². The molecule has 6 nitrogen and oxygen atoms in total. The van der Waals surface area contributed by atoms with Gasteiger partial charge < -0.3 is 9.45 Å². The lowest BCUT2D eigenvalue weighted by Gasteiger charge is -2.35. The molecule has 0 radical (unpaired) electrons. The lowest BCUT2D eigenvalue weighted by atomic mass is 10.1. The number of hydrogen-bond acceptors (Lipinski definition) is 5. The molecule has 0 spiro atoms. The Morgan fingerprint density at radius 1 is 0.972 bits per heavy atom. The van der Waals surface area contributed by atoms with E-state index in [4.69, 9.17) is 0 Å². The summed E-state index contributed by atoms with van der Waals surface area (Å²) in [5.41, 5.74) is 4.34. The van der Waals surface area contributed by atoms with Crippen LogP contribution >= 0.6 is 0 Å². The van der Waals surface area contributed by atoms with Gasteiger partial charge in [-0.05, 0) is 54.8 Å². The maximum absolute atomic E-state index is 13.2. The van der Waals surface area contributed by atoms with E-state index in [0.717, 1.165) is 61.3 Å². The van der Waals surface area contributed by atoms with Crippen molar-refractivity contribution in [3.8, 4) is 0 Å². The van der Waals surface area contributed by atoms with Crippen LogP contribution in [0, 0.1) is 6.92 Å². The number of piperazine rings is 1. The number of para-hydroxylation sites is 1. The van der Waals surface area contributed by atoms with Gasteiger partial charge in [0.1, 0.15) is 16.9 Å². The van der Waals surface area contributed by atoms with E-state index in [1.807, 2.05) is 66.4 Å². The fourth-order valence-corrected chi connectivity index (χ4v) is 5.67. The minimum Gasteiger partial charge on any atom is -0.588 e. The molecule has 4 aromatic rings. The number of fused-ring (bicyclic) bond motifs is 1. The molecule has 184 valence electrons. The molecule has 0 saturated carbocycles. The lowest BCUT2D eigenvalue weighted by Crippen LogP contribution is -2.49. The van der Waals surface area contributed by atoms with Gasteiger partial charge in [0.2, 0.25) is 4.90 Å². The Morgan fingerprint density at radius 3 is 2.53 bits per heavy atom. The Balaban J connectivity index is 1.19. The summed E-state index contributed by atoms with van der Waals surface area (Å²) in [7, 11) is 0. The van der Waals surface area contributed by atoms with E-state index in [9.17, 15) is 9.35 Å². The highest BCUT2D eigenvalue weighted by Crippen LogP contribution is 2.25. The second-order valence-corrected chi connectivity index (χ2v) is 10.3. The van der Waals surface area contributed by atoms with E-state index in [1.165, 1.54) is 5.56 Å². The number of aryl methyl sites for hydroxylation is 1. The summed E-state index contributed by atoms with van der Waals surface area (Å²) in [5, 5.41) is 0.947. The predicted octanol–water partition coefficient (Wildman–Crippen LogP) is 4.68.